The summed E-state index contributed by atoms with van der Waals surface area (Å²) in [5.74, 6) is -3.51. The summed E-state index contributed by atoms with van der Waals surface area (Å²) in [4.78, 5) is 10.2. The van der Waals surface area contributed by atoms with Gasteiger partial charge in [0.15, 0.2) is 0 Å². The lowest BCUT2D eigenvalue weighted by atomic mass is 10.2. The second-order valence-electron chi connectivity index (χ2n) is 4.49. The summed E-state index contributed by atoms with van der Waals surface area (Å²) < 4.78 is 53.7. The van der Waals surface area contributed by atoms with Crippen LogP contribution in [0.2, 0.25) is 0 Å². The average Bonchev–Trinajstić information content (AvgIpc) is 2.36. The Morgan fingerprint density at radius 1 is 1.14 bits per heavy atom. The summed E-state index contributed by atoms with van der Waals surface area (Å²) in [5, 5.41) is 8.71. The molecule has 0 amide bonds. The highest BCUT2D eigenvalue weighted by Crippen LogP contribution is 2.23. The van der Waals surface area contributed by atoms with E-state index in [1.807, 2.05) is 4.72 Å². The van der Waals surface area contributed by atoms with Crippen LogP contribution in [0.4, 0.5) is 14.5 Å². The molecule has 2 rings (SSSR count). The Morgan fingerprint density at radius 2 is 1.82 bits per heavy atom. The SMILES string of the molecule is Cc1cccc(F)c1S(=O)(=O)Nc1ccc(C(=O)O)c(F)c1. The van der Waals surface area contributed by atoms with Crippen LogP contribution >= 0.6 is 0 Å². The minimum absolute atomic E-state index is 0.190. The van der Waals surface area contributed by atoms with Crippen LogP contribution in [0.3, 0.4) is 0 Å². The third kappa shape index (κ3) is 3.06. The van der Waals surface area contributed by atoms with Gasteiger partial charge in [0, 0.05) is 0 Å². The standard InChI is InChI=1S/C14H11F2NO4S/c1-8-3-2-4-11(15)13(8)22(20,21)17-9-5-6-10(14(18)19)12(16)7-9/h2-7,17H,1H3,(H,18,19). The third-order valence-electron chi connectivity index (χ3n) is 2.88. The first-order chi connectivity index (χ1) is 10.2. The van der Waals surface area contributed by atoms with Gasteiger partial charge < -0.3 is 5.11 Å². The van der Waals surface area contributed by atoms with Crippen molar-refractivity contribution in [3.05, 3.63) is 59.2 Å². The number of anilines is 1. The Balaban J connectivity index is 2.42. The highest BCUT2D eigenvalue weighted by atomic mass is 32.2. The van der Waals surface area contributed by atoms with Gasteiger partial charge in [-0.3, -0.25) is 4.72 Å². The topological polar surface area (TPSA) is 83.5 Å². The molecule has 0 atom stereocenters. The molecule has 116 valence electrons. The fraction of sp³-hybridized carbons (Fsp3) is 0.0714. The number of sulfonamides is 1. The molecule has 0 aliphatic rings. The van der Waals surface area contributed by atoms with Gasteiger partial charge in [0.25, 0.3) is 10.0 Å². The maximum absolute atomic E-state index is 13.7. The number of rotatable bonds is 4. The summed E-state index contributed by atoms with van der Waals surface area (Å²) in [6, 6.07) is 6.51. The lowest BCUT2D eigenvalue weighted by Crippen LogP contribution is -2.16. The summed E-state index contributed by atoms with van der Waals surface area (Å²) in [6.45, 7) is 1.42. The maximum atomic E-state index is 13.7. The molecule has 8 heteroatoms. The number of carbonyl (C=O) groups is 1. The van der Waals surface area contributed by atoms with Crippen molar-refractivity contribution in [2.24, 2.45) is 0 Å². The van der Waals surface area contributed by atoms with Crippen molar-refractivity contribution < 1.29 is 27.1 Å². The summed E-state index contributed by atoms with van der Waals surface area (Å²) in [7, 11) is -4.26. The van der Waals surface area contributed by atoms with Crippen molar-refractivity contribution in [3.8, 4) is 0 Å². The molecular weight excluding hydrogens is 316 g/mol. The monoisotopic (exact) mass is 327 g/mol. The molecule has 0 saturated heterocycles. The number of hydrogen-bond acceptors (Lipinski definition) is 3. The van der Waals surface area contributed by atoms with Gasteiger partial charge >= 0.3 is 5.97 Å². The van der Waals surface area contributed by atoms with Crippen LogP contribution in [0.5, 0.6) is 0 Å². The van der Waals surface area contributed by atoms with Crippen LogP contribution < -0.4 is 4.72 Å². The van der Waals surface area contributed by atoms with E-state index in [0.717, 1.165) is 24.3 Å². The first-order valence-electron chi connectivity index (χ1n) is 6.03. The molecule has 2 N–H and O–H groups in total. The Kier molecular flexibility index (Phi) is 4.14. The number of benzene rings is 2. The Bertz CT molecular complexity index is 830. The minimum Gasteiger partial charge on any atom is -0.478 e. The Labute approximate surface area is 125 Å². The quantitative estimate of drug-likeness (QED) is 0.904. The lowest BCUT2D eigenvalue weighted by molar-refractivity contribution is 0.0692. The molecule has 0 heterocycles. The van der Waals surface area contributed by atoms with Crippen LogP contribution in [0.15, 0.2) is 41.3 Å². The van der Waals surface area contributed by atoms with Crippen LogP contribution in [0.1, 0.15) is 15.9 Å². The molecule has 0 bridgehead atoms. The van der Waals surface area contributed by atoms with Gasteiger partial charge in [-0.15, -0.1) is 0 Å². The molecule has 0 fully saturated rings. The van der Waals surface area contributed by atoms with E-state index < -0.39 is 38.1 Å². The Morgan fingerprint density at radius 3 is 2.36 bits per heavy atom. The molecular formula is C14H11F2NO4S. The van der Waals surface area contributed by atoms with Gasteiger partial charge in [0.1, 0.15) is 16.5 Å². The van der Waals surface area contributed by atoms with Crippen LogP contribution in [0.25, 0.3) is 0 Å². The fourth-order valence-corrected chi connectivity index (χ4v) is 3.27. The van der Waals surface area contributed by atoms with Gasteiger partial charge in [-0.25, -0.2) is 22.0 Å². The van der Waals surface area contributed by atoms with Crippen molar-refractivity contribution in [2.45, 2.75) is 11.8 Å². The molecule has 2 aromatic carbocycles. The van der Waals surface area contributed by atoms with Crippen LogP contribution in [0, 0.1) is 18.6 Å². The molecule has 0 unspecified atom stereocenters. The second-order valence-corrected chi connectivity index (χ2v) is 6.11. The number of aryl methyl sites for hydroxylation is 1. The number of hydrogen-bond donors (Lipinski definition) is 2. The van der Waals surface area contributed by atoms with E-state index in [1.54, 1.807) is 0 Å². The molecule has 0 aliphatic carbocycles. The summed E-state index contributed by atoms with van der Waals surface area (Å²) >= 11 is 0. The molecule has 0 aromatic heterocycles. The minimum atomic E-state index is -4.26. The second kappa shape index (κ2) is 5.72. The normalized spacial score (nSPS) is 11.2. The number of halogens is 2. The van der Waals surface area contributed by atoms with Gasteiger partial charge in [0.05, 0.1) is 11.3 Å². The molecule has 0 radical (unpaired) electrons. The van der Waals surface area contributed by atoms with E-state index in [4.69, 9.17) is 5.11 Å². The van der Waals surface area contributed by atoms with E-state index >= 15 is 0 Å². The largest absolute Gasteiger partial charge is 0.478 e. The zero-order chi connectivity index (χ0) is 16.5. The molecule has 0 spiro atoms. The van der Waals surface area contributed by atoms with Crippen molar-refractivity contribution >= 4 is 21.7 Å². The summed E-state index contributed by atoms with van der Waals surface area (Å²) in [5.41, 5.74) is -0.606. The van der Waals surface area contributed by atoms with E-state index in [1.165, 1.54) is 19.1 Å². The predicted molar refractivity (Wildman–Crippen MR) is 75.3 cm³/mol. The van der Waals surface area contributed by atoms with E-state index in [-0.39, 0.29) is 11.3 Å². The number of carboxylic acids is 1. The maximum Gasteiger partial charge on any atom is 0.338 e. The average molecular weight is 327 g/mol. The van der Waals surface area contributed by atoms with Gasteiger partial charge in [-0.1, -0.05) is 12.1 Å². The van der Waals surface area contributed by atoms with Crippen molar-refractivity contribution in [2.75, 3.05) is 4.72 Å². The van der Waals surface area contributed by atoms with Crippen molar-refractivity contribution in [1.29, 1.82) is 0 Å². The number of aromatic carboxylic acids is 1. The first-order valence-corrected chi connectivity index (χ1v) is 7.51. The van der Waals surface area contributed by atoms with E-state index in [0.29, 0.717) is 0 Å². The zero-order valence-corrected chi connectivity index (χ0v) is 12.1. The smallest absolute Gasteiger partial charge is 0.338 e. The number of carboxylic acid groups (broad SMARTS) is 1. The lowest BCUT2D eigenvalue weighted by Gasteiger charge is -2.11. The number of nitrogens with one attached hydrogen (secondary N) is 1. The molecule has 5 nitrogen and oxygen atoms in total. The van der Waals surface area contributed by atoms with Gasteiger partial charge in [-0.05, 0) is 36.8 Å². The van der Waals surface area contributed by atoms with Crippen molar-refractivity contribution in [1.82, 2.24) is 0 Å². The Hall–Kier alpha value is -2.48. The summed E-state index contributed by atoms with van der Waals surface area (Å²) in [6.07, 6.45) is 0. The molecule has 2 aromatic rings. The highest BCUT2D eigenvalue weighted by molar-refractivity contribution is 7.92. The zero-order valence-electron chi connectivity index (χ0n) is 11.3. The van der Waals surface area contributed by atoms with Crippen LogP contribution in [-0.4, -0.2) is 19.5 Å². The highest BCUT2D eigenvalue weighted by Gasteiger charge is 2.22. The van der Waals surface area contributed by atoms with Gasteiger partial charge in [-0.2, -0.15) is 0 Å². The molecule has 22 heavy (non-hydrogen) atoms. The molecule has 0 saturated carbocycles. The van der Waals surface area contributed by atoms with E-state index in [9.17, 15) is 22.0 Å². The van der Waals surface area contributed by atoms with Crippen LogP contribution in [-0.2, 0) is 10.0 Å². The fourth-order valence-electron chi connectivity index (χ4n) is 1.92. The van der Waals surface area contributed by atoms with Gasteiger partial charge in [0.2, 0.25) is 0 Å². The first kappa shape index (κ1) is 15.9. The van der Waals surface area contributed by atoms with E-state index in [2.05, 4.69) is 0 Å². The predicted octanol–water partition coefficient (Wildman–Crippen LogP) is 2.77. The molecule has 0 aliphatic heterocycles. The van der Waals surface area contributed by atoms with Crippen molar-refractivity contribution in [3.63, 3.8) is 0 Å². The third-order valence-corrected chi connectivity index (χ3v) is 4.44.